The molecule has 2 rings (SSSR count). The minimum Gasteiger partial charge on any atom is -0.497 e. The summed E-state index contributed by atoms with van der Waals surface area (Å²) in [4.78, 5) is 2.29. The van der Waals surface area contributed by atoms with Gasteiger partial charge in [0.25, 0.3) is 0 Å². The van der Waals surface area contributed by atoms with Crippen LogP contribution < -0.4 is 4.74 Å². The van der Waals surface area contributed by atoms with E-state index in [1.54, 1.807) is 7.11 Å². The van der Waals surface area contributed by atoms with Crippen molar-refractivity contribution < 1.29 is 4.74 Å². The fraction of sp³-hybridized carbons (Fsp3) is 0.579. The highest BCUT2D eigenvalue weighted by Crippen LogP contribution is 2.47. The van der Waals surface area contributed by atoms with Gasteiger partial charge in [-0.3, -0.25) is 0 Å². The molecule has 21 heavy (non-hydrogen) atoms. The smallest absolute Gasteiger partial charge is 0.119 e. The van der Waals surface area contributed by atoms with Crippen LogP contribution in [-0.4, -0.2) is 32.6 Å². The number of benzene rings is 1. The summed E-state index contributed by atoms with van der Waals surface area (Å²) in [7, 11) is 6.08. The summed E-state index contributed by atoms with van der Waals surface area (Å²) in [5.41, 5.74) is 3.07. The second-order valence-electron chi connectivity index (χ2n) is 6.39. The molecule has 1 aliphatic carbocycles. The molecule has 0 radical (unpaired) electrons. The molecule has 2 atom stereocenters. The van der Waals surface area contributed by atoms with Gasteiger partial charge in [0, 0.05) is 5.41 Å². The SMILES string of the molecule is CCC1C=Cc2ccc(OC)cc2C1(CC)CCN(C)C. The Morgan fingerprint density at radius 2 is 2.00 bits per heavy atom. The van der Waals surface area contributed by atoms with Crippen molar-refractivity contribution in [2.24, 2.45) is 5.92 Å². The maximum Gasteiger partial charge on any atom is 0.119 e. The number of methoxy groups -OCH3 is 1. The van der Waals surface area contributed by atoms with Crippen LogP contribution in [0.3, 0.4) is 0 Å². The molecule has 0 bridgehead atoms. The first-order chi connectivity index (χ1) is 10.1. The minimum atomic E-state index is 0.234. The Morgan fingerprint density at radius 1 is 1.24 bits per heavy atom. The van der Waals surface area contributed by atoms with Crippen molar-refractivity contribution in [1.82, 2.24) is 4.90 Å². The van der Waals surface area contributed by atoms with E-state index in [1.807, 2.05) is 0 Å². The number of hydrogen-bond donors (Lipinski definition) is 0. The van der Waals surface area contributed by atoms with Crippen LogP contribution in [0.25, 0.3) is 6.08 Å². The monoisotopic (exact) mass is 287 g/mol. The highest BCUT2D eigenvalue weighted by atomic mass is 16.5. The number of hydrogen-bond acceptors (Lipinski definition) is 2. The van der Waals surface area contributed by atoms with Gasteiger partial charge in [-0.05, 0) is 69.1 Å². The van der Waals surface area contributed by atoms with Gasteiger partial charge >= 0.3 is 0 Å². The third kappa shape index (κ3) is 3.01. The van der Waals surface area contributed by atoms with Crippen LogP contribution in [0.1, 0.15) is 44.2 Å². The Labute approximate surface area is 129 Å². The summed E-state index contributed by atoms with van der Waals surface area (Å²) < 4.78 is 5.48. The molecule has 2 unspecified atom stereocenters. The first-order valence-corrected chi connectivity index (χ1v) is 8.08. The molecule has 0 saturated carbocycles. The van der Waals surface area contributed by atoms with Crippen molar-refractivity contribution in [3.05, 3.63) is 35.4 Å². The molecule has 0 aromatic heterocycles. The number of rotatable bonds is 6. The normalized spacial score (nSPS) is 24.2. The first kappa shape index (κ1) is 16.1. The van der Waals surface area contributed by atoms with Crippen LogP contribution in [-0.2, 0) is 5.41 Å². The molecule has 0 heterocycles. The summed E-state index contributed by atoms with van der Waals surface area (Å²) in [6.07, 6.45) is 8.28. The van der Waals surface area contributed by atoms with Crippen LogP contribution in [0.15, 0.2) is 24.3 Å². The number of ether oxygens (including phenoxy) is 1. The zero-order valence-electron chi connectivity index (χ0n) is 14.1. The van der Waals surface area contributed by atoms with Crippen LogP contribution in [0.5, 0.6) is 5.75 Å². The third-order valence-corrected chi connectivity index (χ3v) is 5.09. The third-order valence-electron chi connectivity index (χ3n) is 5.09. The lowest BCUT2D eigenvalue weighted by Gasteiger charge is -2.43. The van der Waals surface area contributed by atoms with E-state index in [0.29, 0.717) is 5.92 Å². The molecule has 0 spiro atoms. The lowest BCUT2D eigenvalue weighted by molar-refractivity contribution is 0.237. The van der Waals surface area contributed by atoms with Crippen LogP contribution in [0.4, 0.5) is 0 Å². The van der Waals surface area contributed by atoms with E-state index < -0.39 is 0 Å². The predicted molar refractivity (Wildman–Crippen MR) is 90.9 cm³/mol. The average molecular weight is 287 g/mol. The number of allylic oxidation sites excluding steroid dienone is 1. The van der Waals surface area contributed by atoms with E-state index in [4.69, 9.17) is 4.74 Å². The molecule has 1 aliphatic rings. The Morgan fingerprint density at radius 3 is 2.57 bits per heavy atom. The van der Waals surface area contributed by atoms with E-state index >= 15 is 0 Å². The summed E-state index contributed by atoms with van der Waals surface area (Å²) in [5, 5.41) is 0. The van der Waals surface area contributed by atoms with Gasteiger partial charge in [0.2, 0.25) is 0 Å². The largest absolute Gasteiger partial charge is 0.497 e. The fourth-order valence-electron chi connectivity index (χ4n) is 3.74. The van der Waals surface area contributed by atoms with Gasteiger partial charge in [0.1, 0.15) is 5.75 Å². The summed E-state index contributed by atoms with van der Waals surface area (Å²) >= 11 is 0. The van der Waals surface area contributed by atoms with Crippen molar-refractivity contribution in [1.29, 1.82) is 0 Å². The summed E-state index contributed by atoms with van der Waals surface area (Å²) in [5.74, 6) is 1.59. The molecule has 1 aromatic rings. The van der Waals surface area contributed by atoms with Crippen LogP contribution in [0, 0.1) is 5.92 Å². The molecule has 0 N–H and O–H groups in total. The maximum atomic E-state index is 5.48. The maximum absolute atomic E-state index is 5.48. The zero-order valence-corrected chi connectivity index (χ0v) is 14.1. The molecule has 1 aromatic carbocycles. The van der Waals surface area contributed by atoms with E-state index in [2.05, 4.69) is 63.2 Å². The number of nitrogens with zero attached hydrogens (tertiary/aromatic N) is 1. The second-order valence-corrected chi connectivity index (χ2v) is 6.39. The molecule has 0 amide bonds. The van der Waals surface area contributed by atoms with E-state index in [9.17, 15) is 0 Å². The fourth-order valence-corrected chi connectivity index (χ4v) is 3.74. The van der Waals surface area contributed by atoms with Gasteiger partial charge in [-0.2, -0.15) is 0 Å². The lowest BCUT2D eigenvalue weighted by atomic mass is 9.61. The van der Waals surface area contributed by atoms with Gasteiger partial charge < -0.3 is 9.64 Å². The molecule has 116 valence electrons. The number of fused-ring (bicyclic) bond motifs is 1. The van der Waals surface area contributed by atoms with Crippen LogP contribution >= 0.6 is 0 Å². The second kappa shape index (κ2) is 6.65. The molecule has 0 saturated heterocycles. The first-order valence-electron chi connectivity index (χ1n) is 8.08. The van der Waals surface area contributed by atoms with Crippen molar-refractivity contribution >= 4 is 6.08 Å². The lowest BCUT2D eigenvalue weighted by Crippen LogP contribution is -2.38. The molecule has 2 nitrogen and oxygen atoms in total. The van der Waals surface area contributed by atoms with Gasteiger partial charge in [0.15, 0.2) is 0 Å². The average Bonchev–Trinajstić information content (AvgIpc) is 2.51. The van der Waals surface area contributed by atoms with E-state index in [0.717, 1.165) is 12.3 Å². The summed E-state index contributed by atoms with van der Waals surface area (Å²) in [6, 6.07) is 6.54. The molecular weight excluding hydrogens is 258 g/mol. The zero-order chi connectivity index (χ0) is 15.5. The molecular formula is C19H29NO. The van der Waals surface area contributed by atoms with Crippen molar-refractivity contribution in [2.45, 2.75) is 38.5 Å². The Hall–Kier alpha value is -1.28. The predicted octanol–water partition coefficient (Wildman–Crippen LogP) is 4.35. The highest BCUT2D eigenvalue weighted by molar-refractivity contribution is 5.62. The van der Waals surface area contributed by atoms with Gasteiger partial charge in [0.05, 0.1) is 7.11 Å². The Kier molecular flexibility index (Phi) is 5.10. The topological polar surface area (TPSA) is 12.5 Å². The van der Waals surface area contributed by atoms with Crippen molar-refractivity contribution in [3.63, 3.8) is 0 Å². The minimum absolute atomic E-state index is 0.234. The van der Waals surface area contributed by atoms with Crippen molar-refractivity contribution in [3.8, 4) is 5.75 Å². The Balaban J connectivity index is 2.50. The van der Waals surface area contributed by atoms with E-state index in [1.165, 1.54) is 30.4 Å². The van der Waals surface area contributed by atoms with Crippen molar-refractivity contribution in [2.75, 3.05) is 27.7 Å². The van der Waals surface area contributed by atoms with Crippen LogP contribution in [0.2, 0.25) is 0 Å². The molecule has 0 fully saturated rings. The standard InChI is InChI=1S/C19H29NO/c1-6-16-10-8-15-9-11-17(21-5)14-18(15)19(16,7-2)12-13-20(3)4/h8-11,14,16H,6-7,12-13H2,1-5H3. The molecule has 0 aliphatic heterocycles. The van der Waals surface area contributed by atoms with Gasteiger partial charge in [-0.1, -0.05) is 32.1 Å². The van der Waals surface area contributed by atoms with E-state index in [-0.39, 0.29) is 5.41 Å². The summed E-state index contributed by atoms with van der Waals surface area (Å²) in [6.45, 7) is 5.76. The quantitative estimate of drug-likeness (QED) is 0.771. The van der Waals surface area contributed by atoms with Gasteiger partial charge in [-0.25, -0.2) is 0 Å². The molecule has 2 heteroatoms. The Bertz CT molecular complexity index is 506. The van der Waals surface area contributed by atoms with Gasteiger partial charge in [-0.15, -0.1) is 0 Å². The highest BCUT2D eigenvalue weighted by Gasteiger charge is 2.39.